The first-order chi connectivity index (χ1) is 32.5. The third kappa shape index (κ3) is 5.02. The maximum atomic E-state index is 9.20. The Labute approximate surface area is 349 Å². The van der Waals surface area contributed by atoms with Gasteiger partial charge in [-0.05, 0) is 74.0 Å². The maximum absolute atomic E-state index is 9.20. The molecule has 0 bridgehead atoms. The molecule has 0 aliphatic carbocycles. The van der Waals surface area contributed by atoms with Crippen molar-refractivity contribution in [3.8, 4) is 56.0 Å². The average Bonchev–Trinajstić information content (AvgIpc) is 3.77. The van der Waals surface area contributed by atoms with Gasteiger partial charge in [0.25, 0.3) is 6.71 Å². The van der Waals surface area contributed by atoms with Gasteiger partial charge in [0, 0.05) is 33.3 Å². The number of fused-ring (bicyclic) bond motifs is 8. The van der Waals surface area contributed by atoms with Gasteiger partial charge in [0.1, 0.15) is 11.3 Å². The lowest BCUT2D eigenvalue weighted by molar-refractivity contribution is 0.481. The van der Waals surface area contributed by atoms with Crippen LogP contribution in [-0.2, 0) is 0 Å². The van der Waals surface area contributed by atoms with Crippen molar-refractivity contribution in [2.45, 2.75) is 0 Å². The summed E-state index contributed by atoms with van der Waals surface area (Å²) in [4.78, 5) is 2.24. The molecule has 0 atom stereocenters. The second-order valence-corrected chi connectivity index (χ2v) is 14.5. The summed E-state index contributed by atoms with van der Waals surface area (Å²) in [6.07, 6.45) is 0. The standard InChI is InChI=1S/C54H34BNO2/c1-5-16-35(17-6-1)39-28-30-45-47(32-39)56(52-41(37-20-9-3-10-21-37)25-15-26-42(52)38-22-11-4-12-23-38)48-33-40(36-18-7-2-8-19-36)34-50-51(48)55(45)46-31-29-44-43-24-13-14-27-49(43)57-53(44)54(46)58-50/h1-34H/i2D,7D,8D,13D,14D,18D,19D,24D,27D. The maximum Gasteiger partial charge on any atom is 0.256 e. The van der Waals surface area contributed by atoms with E-state index >= 15 is 0 Å². The number of rotatable bonds is 5. The minimum Gasteiger partial charge on any atom is -0.454 e. The zero-order valence-electron chi connectivity index (χ0n) is 39.8. The molecule has 10 aromatic rings. The van der Waals surface area contributed by atoms with Gasteiger partial charge in [-0.1, -0.05) is 182 Å². The monoisotopic (exact) mass is 748 g/mol. The molecule has 0 saturated heterocycles. The third-order valence-electron chi connectivity index (χ3n) is 11.3. The molecular formula is C54H34BNO2. The summed E-state index contributed by atoms with van der Waals surface area (Å²) in [5.74, 6) is 0.666. The van der Waals surface area contributed by atoms with Crippen LogP contribution >= 0.6 is 0 Å². The van der Waals surface area contributed by atoms with Gasteiger partial charge in [0.2, 0.25) is 0 Å². The molecule has 3 nitrogen and oxygen atoms in total. The number of hydrogen-bond acceptors (Lipinski definition) is 3. The van der Waals surface area contributed by atoms with Crippen molar-refractivity contribution >= 4 is 62.1 Å². The average molecular weight is 749 g/mol. The topological polar surface area (TPSA) is 25.6 Å². The van der Waals surface area contributed by atoms with Crippen LogP contribution in [0.25, 0.3) is 66.4 Å². The number of anilines is 3. The lowest BCUT2D eigenvalue weighted by atomic mass is 9.34. The van der Waals surface area contributed by atoms with E-state index in [1.807, 2.05) is 72.8 Å². The molecule has 0 radical (unpaired) electrons. The first kappa shape index (κ1) is 24.9. The van der Waals surface area contributed by atoms with Gasteiger partial charge in [-0.3, -0.25) is 0 Å². The Morgan fingerprint density at radius 2 is 1.10 bits per heavy atom. The molecule has 0 spiro atoms. The van der Waals surface area contributed by atoms with E-state index in [4.69, 9.17) is 18.7 Å². The van der Waals surface area contributed by atoms with Gasteiger partial charge in [0.05, 0.1) is 18.0 Å². The molecular weight excluding hydrogens is 705 g/mol. The molecule has 0 N–H and O–H groups in total. The summed E-state index contributed by atoms with van der Waals surface area (Å²) >= 11 is 0. The smallest absolute Gasteiger partial charge is 0.256 e. The summed E-state index contributed by atoms with van der Waals surface area (Å²) in [6.45, 7) is -0.509. The van der Waals surface area contributed by atoms with E-state index in [1.54, 1.807) is 6.07 Å². The fourth-order valence-electron chi connectivity index (χ4n) is 8.82. The number of nitrogens with zero attached hydrogens (tertiary/aromatic N) is 1. The summed E-state index contributed by atoms with van der Waals surface area (Å²) in [5.41, 5.74) is 11.1. The second kappa shape index (κ2) is 13.0. The minimum absolute atomic E-state index is 0.00463. The van der Waals surface area contributed by atoms with Crippen molar-refractivity contribution in [2.24, 2.45) is 0 Å². The Morgan fingerprint density at radius 1 is 0.466 bits per heavy atom. The van der Waals surface area contributed by atoms with Gasteiger partial charge in [-0.2, -0.15) is 0 Å². The molecule has 2 aliphatic heterocycles. The van der Waals surface area contributed by atoms with E-state index < -0.39 is 30.9 Å². The van der Waals surface area contributed by atoms with Crippen molar-refractivity contribution in [3.63, 3.8) is 0 Å². The lowest BCUT2D eigenvalue weighted by Gasteiger charge is -2.42. The zero-order valence-corrected chi connectivity index (χ0v) is 30.8. The van der Waals surface area contributed by atoms with Crippen LogP contribution in [0.5, 0.6) is 11.5 Å². The van der Waals surface area contributed by atoms with Crippen LogP contribution in [0.3, 0.4) is 0 Å². The van der Waals surface area contributed by atoms with Crippen LogP contribution in [0.4, 0.5) is 17.1 Å². The third-order valence-corrected chi connectivity index (χ3v) is 11.3. The van der Waals surface area contributed by atoms with Crippen LogP contribution in [0, 0.1) is 0 Å². The largest absolute Gasteiger partial charge is 0.454 e. The number of benzene rings is 9. The van der Waals surface area contributed by atoms with E-state index in [1.165, 1.54) is 0 Å². The van der Waals surface area contributed by atoms with Crippen molar-refractivity contribution in [1.82, 2.24) is 0 Å². The van der Waals surface area contributed by atoms with E-state index in [0.29, 0.717) is 28.1 Å². The number of hydrogen-bond donors (Lipinski definition) is 0. The molecule has 0 saturated carbocycles. The predicted octanol–water partition coefficient (Wildman–Crippen LogP) is 12.7. The van der Waals surface area contributed by atoms with Crippen LogP contribution in [0.1, 0.15) is 12.3 Å². The fourth-order valence-corrected chi connectivity index (χ4v) is 8.82. The zero-order chi connectivity index (χ0) is 46.0. The Kier molecular flexibility index (Phi) is 5.57. The summed E-state index contributed by atoms with van der Waals surface area (Å²) in [5, 5.41) is 0.688. The van der Waals surface area contributed by atoms with E-state index in [0.717, 1.165) is 61.1 Å². The Morgan fingerprint density at radius 3 is 1.83 bits per heavy atom. The van der Waals surface area contributed by atoms with Crippen LogP contribution in [-0.4, -0.2) is 6.71 Å². The molecule has 0 unspecified atom stereocenters. The first-order valence-corrected chi connectivity index (χ1v) is 19.1. The SMILES string of the molecule is [2H]c1c([2H])c([2H])c(-c2cc3c4c(c2)N(c2c(-c5ccccc5)cccc2-c2ccccc2)c2cc(-c5ccccc5)ccc2B4c2ccc4c(oc5c([2H])c([2H])c([2H])c([2H])c54)c2O3)c([2H])c1[2H]. The molecule has 3 heterocycles. The van der Waals surface area contributed by atoms with E-state index in [2.05, 4.69) is 77.7 Å². The highest BCUT2D eigenvalue weighted by molar-refractivity contribution is 6.99. The van der Waals surface area contributed by atoms with E-state index in [9.17, 15) is 2.74 Å². The van der Waals surface area contributed by atoms with Crippen molar-refractivity contribution < 1.29 is 21.5 Å². The first-order valence-electron chi connectivity index (χ1n) is 23.6. The molecule has 2 aliphatic rings. The molecule has 1 aromatic heterocycles. The lowest BCUT2D eigenvalue weighted by Crippen LogP contribution is -2.59. The minimum atomic E-state index is -0.509. The Hall–Kier alpha value is -7.56. The Balaban J connectivity index is 1.24. The normalized spacial score (nSPS) is 14.7. The molecule has 270 valence electrons. The van der Waals surface area contributed by atoms with Crippen molar-refractivity contribution in [1.29, 1.82) is 0 Å². The number of ether oxygens (including phenoxy) is 1. The predicted molar refractivity (Wildman–Crippen MR) is 241 cm³/mol. The van der Waals surface area contributed by atoms with Crippen molar-refractivity contribution in [2.75, 3.05) is 4.90 Å². The molecule has 4 heteroatoms. The molecule has 0 amide bonds. The van der Waals surface area contributed by atoms with Gasteiger partial charge < -0.3 is 14.1 Å². The fraction of sp³-hybridized carbons (Fsp3) is 0. The van der Waals surface area contributed by atoms with Crippen LogP contribution < -0.4 is 26.0 Å². The highest BCUT2D eigenvalue weighted by Crippen LogP contribution is 2.51. The number of para-hydroxylation sites is 2. The van der Waals surface area contributed by atoms with Crippen molar-refractivity contribution in [3.05, 3.63) is 206 Å². The quantitative estimate of drug-likeness (QED) is 0.164. The summed E-state index contributed by atoms with van der Waals surface area (Å²) in [7, 11) is 0. The summed E-state index contributed by atoms with van der Waals surface area (Å²) < 4.78 is 92.4. The molecule has 12 rings (SSSR count). The van der Waals surface area contributed by atoms with E-state index in [-0.39, 0.29) is 52.3 Å². The van der Waals surface area contributed by atoms with Gasteiger partial charge in [0.15, 0.2) is 11.3 Å². The van der Waals surface area contributed by atoms with Crippen LogP contribution in [0.2, 0.25) is 0 Å². The second-order valence-electron chi connectivity index (χ2n) is 14.5. The van der Waals surface area contributed by atoms with Gasteiger partial charge in [-0.15, -0.1) is 0 Å². The molecule has 58 heavy (non-hydrogen) atoms. The van der Waals surface area contributed by atoms with Crippen LogP contribution in [0.15, 0.2) is 210 Å². The molecule has 0 fully saturated rings. The number of furan rings is 1. The Bertz CT molecular complexity index is 3650. The highest BCUT2D eigenvalue weighted by Gasteiger charge is 2.44. The highest BCUT2D eigenvalue weighted by atomic mass is 16.5. The summed E-state index contributed by atoms with van der Waals surface area (Å²) in [6, 6.07) is 47.1. The van der Waals surface area contributed by atoms with Gasteiger partial charge in [-0.25, -0.2) is 0 Å². The molecule has 9 aromatic carbocycles. The van der Waals surface area contributed by atoms with Gasteiger partial charge >= 0.3 is 0 Å².